The van der Waals surface area contributed by atoms with Gasteiger partial charge in [0.1, 0.15) is 6.54 Å². The number of anilines is 1. The second-order valence-corrected chi connectivity index (χ2v) is 8.59. The van der Waals surface area contributed by atoms with E-state index in [2.05, 4.69) is 4.98 Å². The Balaban J connectivity index is 0.00000300. The van der Waals surface area contributed by atoms with Gasteiger partial charge in [0.15, 0.2) is 5.13 Å². The number of carbonyl (C=O) groups is 3. The zero-order valence-corrected chi connectivity index (χ0v) is 19.0. The van der Waals surface area contributed by atoms with Crippen molar-refractivity contribution in [2.45, 2.75) is 26.2 Å². The van der Waals surface area contributed by atoms with Gasteiger partial charge >= 0.3 is 0 Å². The van der Waals surface area contributed by atoms with Crippen LogP contribution >= 0.6 is 35.3 Å². The summed E-state index contributed by atoms with van der Waals surface area (Å²) < 4.78 is 0.902. The van der Waals surface area contributed by atoms with Crippen LogP contribution in [0.3, 0.4) is 0 Å². The van der Waals surface area contributed by atoms with E-state index in [9.17, 15) is 14.4 Å². The van der Waals surface area contributed by atoms with Gasteiger partial charge < -0.3 is 4.90 Å². The summed E-state index contributed by atoms with van der Waals surface area (Å²) in [5, 5.41) is 1.18. The molecule has 1 aromatic carbocycles. The minimum absolute atomic E-state index is 0. The van der Waals surface area contributed by atoms with Crippen LogP contribution in [-0.2, 0) is 14.4 Å². The summed E-state index contributed by atoms with van der Waals surface area (Å²) >= 11 is 7.54. The fourth-order valence-corrected chi connectivity index (χ4v) is 4.61. The molecule has 0 radical (unpaired) electrons. The Bertz CT molecular complexity index is 916. The van der Waals surface area contributed by atoms with Crippen molar-refractivity contribution in [3.05, 3.63) is 22.7 Å². The van der Waals surface area contributed by atoms with Crippen molar-refractivity contribution in [2.24, 2.45) is 0 Å². The molecule has 29 heavy (non-hydrogen) atoms. The van der Waals surface area contributed by atoms with Gasteiger partial charge in [-0.25, -0.2) is 4.98 Å². The van der Waals surface area contributed by atoms with Crippen molar-refractivity contribution in [3.63, 3.8) is 0 Å². The van der Waals surface area contributed by atoms with Crippen molar-refractivity contribution < 1.29 is 14.4 Å². The normalized spacial score (nSPS) is 14.0. The minimum atomic E-state index is -0.301. The average Bonchev–Trinajstić information content (AvgIpc) is 3.16. The standard InChI is InChI=1S/C19H23ClN4O3S.ClH/c1-12-9-13(20)10-14-18(12)21-19(28-14)23(8-4-7-22(2)3)17(27)11-24-15(25)5-6-16(24)26;/h9-10H,4-8,11H2,1-3H3;1H. The lowest BCUT2D eigenvalue weighted by Crippen LogP contribution is -2.43. The van der Waals surface area contributed by atoms with E-state index in [-0.39, 0.29) is 49.5 Å². The van der Waals surface area contributed by atoms with E-state index >= 15 is 0 Å². The highest BCUT2D eigenvalue weighted by Crippen LogP contribution is 2.33. The number of fused-ring (bicyclic) bond motifs is 1. The summed E-state index contributed by atoms with van der Waals surface area (Å²) in [6.45, 7) is 2.95. The van der Waals surface area contributed by atoms with Crippen LogP contribution in [0.4, 0.5) is 5.13 Å². The Labute approximate surface area is 185 Å². The molecule has 7 nitrogen and oxygen atoms in total. The summed E-state index contributed by atoms with van der Waals surface area (Å²) in [6, 6.07) is 3.67. The van der Waals surface area contributed by atoms with E-state index in [1.807, 2.05) is 38.1 Å². The van der Waals surface area contributed by atoms with Gasteiger partial charge in [-0.15, -0.1) is 12.4 Å². The highest BCUT2D eigenvalue weighted by atomic mass is 35.5. The lowest BCUT2D eigenvalue weighted by Gasteiger charge is -2.23. The molecule has 0 aliphatic carbocycles. The number of likely N-dealkylation sites (tertiary alicyclic amines) is 1. The van der Waals surface area contributed by atoms with E-state index in [0.29, 0.717) is 16.7 Å². The van der Waals surface area contributed by atoms with Gasteiger partial charge in [0.2, 0.25) is 17.7 Å². The predicted octanol–water partition coefficient (Wildman–Crippen LogP) is 3.11. The lowest BCUT2D eigenvalue weighted by molar-refractivity contribution is -0.141. The molecule has 2 heterocycles. The molecule has 0 spiro atoms. The molecule has 1 saturated heterocycles. The van der Waals surface area contributed by atoms with Crippen LogP contribution in [0.25, 0.3) is 10.2 Å². The Hall–Kier alpha value is -1.74. The van der Waals surface area contributed by atoms with Crippen molar-refractivity contribution in [3.8, 4) is 0 Å². The highest BCUT2D eigenvalue weighted by Gasteiger charge is 2.32. The Morgan fingerprint density at radius 2 is 1.86 bits per heavy atom. The molecule has 158 valence electrons. The number of nitrogens with zero attached hydrogens (tertiary/aromatic N) is 4. The first-order chi connectivity index (χ1) is 13.3. The zero-order chi connectivity index (χ0) is 20.4. The number of halogens is 2. The minimum Gasteiger partial charge on any atom is -0.309 e. The van der Waals surface area contributed by atoms with E-state index in [1.54, 1.807) is 4.90 Å². The number of thiazole rings is 1. The van der Waals surface area contributed by atoms with Crippen molar-refractivity contribution in [1.29, 1.82) is 0 Å². The van der Waals surface area contributed by atoms with Crippen LogP contribution in [-0.4, -0.2) is 66.2 Å². The molecule has 1 aromatic heterocycles. The van der Waals surface area contributed by atoms with Crippen LogP contribution in [0.2, 0.25) is 5.02 Å². The fraction of sp³-hybridized carbons (Fsp3) is 0.474. The van der Waals surface area contributed by atoms with Crippen LogP contribution < -0.4 is 4.90 Å². The SMILES string of the molecule is Cc1cc(Cl)cc2sc(N(CCCN(C)C)C(=O)CN3C(=O)CCC3=O)nc12.Cl. The molecule has 0 N–H and O–H groups in total. The molecule has 0 saturated carbocycles. The molecule has 0 unspecified atom stereocenters. The molecule has 1 aliphatic rings. The quantitative estimate of drug-likeness (QED) is 0.595. The molecule has 3 amide bonds. The first-order valence-corrected chi connectivity index (χ1v) is 10.3. The van der Waals surface area contributed by atoms with Crippen LogP contribution in [0.1, 0.15) is 24.8 Å². The van der Waals surface area contributed by atoms with E-state index in [0.717, 1.165) is 33.6 Å². The van der Waals surface area contributed by atoms with E-state index in [4.69, 9.17) is 11.6 Å². The summed E-state index contributed by atoms with van der Waals surface area (Å²) in [7, 11) is 3.94. The fourth-order valence-electron chi connectivity index (χ4n) is 3.15. The third-order valence-corrected chi connectivity index (χ3v) is 5.85. The first kappa shape index (κ1) is 23.5. The maximum Gasteiger partial charge on any atom is 0.248 e. The van der Waals surface area contributed by atoms with Gasteiger partial charge in [-0.05, 0) is 51.7 Å². The molecule has 2 aromatic rings. The molecule has 0 atom stereocenters. The molecule has 1 aliphatic heterocycles. The highest BCUT2D eigenvalue weighted by molar-refractivity contribution is 7.22. The maximum atomic E-state index is 13.0. The summed E-state index contributed by atoms with van der Waals surface area (Å²) in [5.41, 5.74) is 1.75. The molecule has 0 bridgehead atoms. The largest absolute Gasteiger partial charge is 0.309 e. The molecule has 1 fully saturated rings. The number of aryl methyl sites for hydroxylation is 1. The monoisotopic (exact) mass is 458 g/mol. The number of benzene rings is 1. The lowest BCUT2D eigenvalue weighted by atomic mass is 10.2. The third kappa shape index (κ3) is 5.45. The summed E-state index contributed by atoms with van der Waals surface area (Å²) in [4.78, 5) is 46.1. The number of aromatic nitrogens is 1. The number of imide groups is 1. The Morgan fingerprint density at radius 1 is 1.21 bits per heavy atom. The van der Waals surface area contributed by atoms with E-state index < -0.39 is 0 Å². The van der Waals surface area contributed by atoms with Crippen molar-refractivity contribution in [2.75, 3.05) is 38.6 Å². The maximum absolute atomic E-state index is 13.0. The Morgan fingerprint density at radius 3 is 2.48 bits per heavy atom. The number of amides is 3. The Kier molecular flexibility index (Phi) is 7.99. The van der Waals surface area contributed by atoms with Gasteiger partial charge in [0.25, 0.3) is 0 Å². The smallest absolute Gasteiger partial charge is 0.248 e. The predicted molar refractivity (Wildman–Crippen MR) is 118 cm³/mol. The van der Waals surface area contributed by atoms with Crippen LogP contribution in [0.15, 0.2) is 12.1 Å². The first-order valence-electron chi connectivity index (χ1n) is 9.11. The molecule has 10 heteroatoms. The van der Waals surface area contributed by atoms with Crippen LogP contribution in [0, 0.1) is 6.92 Å². The summed E-state index contributed by atoms with van der Waals surface area (Å²) in [6.07, 6.45) is 1.09. The van der Waals surface area contributed by atoms with Gasteiger partial charge in [-0.3, -0.25) is 24.2 Å². The van der Waals surface area contributed by atoms with Crippen LogP contribution in [0.5, 0.6) is 0 Å². The number of hydrogen-bond acceptors (Lipinski definition) is 6. The number of hydrogen-bond donors (Lipinski definition) is 0. The number of rotatable bonds is 7. The van der Waals surface area contributed by atoms with Crippen molar-refractivity contribution in [1.82, 2.24) is 14.8 Å². The topological polar surface area (TPSA) is 73.8 Å². The second kappa shape index (κ2) is 9.84. The van der Waals surface area contributed by atoms with Gasteiger partial charge in [0.05, 0.1) is 10.2 Å². The molecule has 3 rings (SSSR count). The van der Waals surface area contributed by atoms with E-state index in [1.165, 1.54) is 11.3 Å². The number of carbonyl (C=O) groups excluding carboxylic acids is 3. The molecular weight excluding hydrogens is 435 g/mol. The second-order valence-electron chi connectivity index (χ2n) is 7.14. The van der Waals surface area contributed by atoms with Gasteiger partial charge in [0, 0.05) is 24.4 Å². The third-order valence-electron chi connectivity index (χ3n) is 4.61. The van der Waals surface area contributed by atoms with Gasteiger partial charge in [-0.1, -0.05) is 22.9 Å². The van der Waals surface area contributed by atoms with Gasteiger partial charge in [-0.2, -0.15) is 0 Å². The molecular formula is C19H24Cl2N4O3S. The summed E-state index contributed by atoms with van der Waals surface area (Å²) in [5.74, 6) is -0.887. The zero-order valence-electron chi connectivity index (χ0n) is 16.6. The van der Waals surface area contributed by atoms with Crippen molar-refractivity contribution >= 4 is 68.4 Å². The average molecular weight is 459 g/mol.